The van der Waals surface area contributed by atoms with Crippen LogP contribution in [0.5, 0.6) is 5.75 Å². The summed E-state index contributed by atoms with van der Waals surface area (Å²) in [6.07, 6.45) is -0.0265. The van der Waals surface area contributed by atoms with E-state index in [-0.39, 0.29) is 17.9 Å². The maximum Gasteiger partial charge on any atom is 0.230 e. The third-order valence-corrected chi connectivity index (χ3v) is 4.44. The Labute approximate surface area is 136 Å². The van der Waals surface area contributed by atoms with Gasteiger partial charge in [-0.05, 0) is 33.8 Å². The molecular weight excluding hydrogens is 290 g/mol. The van der Waals surface area contributed by atoms with Gasteiger partial charge in [-0.3, -0.25) is 9.89 Å². The van der Waals surface area contributed by atoms with Gasteiger partial charge in [-0.2, -0.15) is 5.10 Å². The van der Waals surface area contributed by atoms with E-state index in [1.807, 2.05) is 56.9 Å². The first kappa shape index (κ1) is 15.6. The molecule has 1 N–H and O–H groups in total. The van der Waals surface area contributed by atoms with Crippen LogP contribution in [-0.4, -0.2) is 33.7 Å². The van der Waals surface area contributed by atoms with E-state index in [0.717, 1.165) is 28.3 Å². The van der Waals surface area contributed by atoms with Gasteiger partial charge in [-0.1, -0.05) is 18.2 Å². The molecule has 2 unspecified atom stereocenters. The lowest BCUT2D eigenvalue weighted by Gasteiger charge is -2.25. The molecule has 0 radical (unpaired) electrons. The van der Waals surface area contributed by atoms with Gasteiger partial charge < -0.3 is 9.64 Å². The summed E-state index contributed by atoms with van der Waals surface area (Å²) in [4.78, 5) is 14.9. The van der Waals surface area contributed by atoms with E-state index >= 15 is 0 Å². The van der Waals surface area contributed by atoms with E-state index in [0.29, 0.717) is 13.1 Å². The Balaban J connectivity index is 1.87. The molecule has 3 rings (SSSR count). The molecule has 2 aromatic rings. The molecule has 1 aromatic heterocycles. The number of carbonyl (C=O) groups excluding carboxylic acids is 1. The molecule has 0 saturated carbocycles. The number of H-pyrrole nitrogens is 1. The third kappa shape index (κ3) is 2.96. The SMILES string of the molecule is Cc1n[nH]c(C)c1C(C)C(=O)N1Cc2ccccc2OC(C)C1. The van der Waals surface area contributed by atoms with Crippen LogP contribution in [0.1, 0.15) is 42.3 Å². The van der Waals surface area contributed by atoms with Crippen molar-refractivity contribution in [2.24, 2.45) is 0 Å². The standard InChI is InChI=1S/C18H23N3O2/c1-11-9-21(10-15-7-5-6-8-16(15)23-11)18(22)12(2)17-13(3)19-20-14(17)4/h5-8,11-12H,9-10H2,1-4H3,(H,19,20). The van der Waals surface area contributed by atoms with Crippen molar-refractivity contribution in [2.45, 2.75) is 46.3 Å². The molecule has 2 heterocycles. The highest BCUT2D eigenvalue weighted by Gasteiger charge is 2.29. The van der Waals surface area contributed by atoms with Crippen LogP contribution in [0.15, 0.2) is 24.3 Å². The predicted molar refractivity (Wildman–Crippen MR) is 88.4 cm³/mol. The van der Waals surface area contributed by atoms with Crippen LogP contribution in [0.3, 0.4) is 0 Å². The van der Waals surface area contributed by atoms with Crippen LogP contribution in [-0.2, 0) is 11.3 Å². The normalized spacial score (nSPS) is 18.8. The molecule has 0 spiro atoms. The van der Waals surface area contributed by atoms with Crippen molar-refractivity contribution in [1.29, 1.82) is 0 Å². The number of aromatic amines is 1. The second-order valence-corrected chi connectivity index (χ2v) is 6.32. The second-order valence-electron chi connectivity index (χ2n) is 6.32. The Bertz CT molecular complexity index is 703. The number of benzene rings is 1. The van der Waals surface area contributed by atoms with Gasteiger partial charge in [0, 0.05) is 23.4 Å². The number of hydrogen-bond donors (Lipinski definition) is 1. The summed E-state index contributed by atoms with van der Waals surface area (Å²) in [7, 11) is 0. The average molecular weight is 313 g/mol. The lowest BCUT2D eigenvalue weighted by atomic mass is 9.97. The quantitative estimate of drug-likeness (QED) is 0.927. The monoisotopic (exact) mass is 313 g/mol. The lowest BCUT2D eigenvalue weighted by molar-refractivity contribution is -0.133. The summed E-state index contributed by atoms with van der Waals surface area (Å²) in [6.45, 7) is 9.03. The fourth-order valence-corrected chi connectivity index (χ4v) is 3.35. The highest BCUT2D eigenvalue weighted by atomic mass is 16.5. The summed E-state index contributed by atoms with van der Waals surface area (Å²) in [5.74, 6) is 0.773. The van der Waals surface area contributed by atoms with Gasteiger partial charge in [-0.25, -0.2) is 0 Å². The maximum absolute atomic E-state index is 13.0. The first-order valence-corrected chi connectivity index (χ1v) is 8.02. The number of nitrogens with one attached hydrogen (secondary N) is 1. The minimum Gasteiger partial charge on any atom is -0.489 e. The van der Waals surface area contributed by atoms with Crippen LogP contribution >= 0.6 is 0 Å². The highest BCUT2D eigenvalue weighted by molar-refractivity contribution is 5.84. The van der Waals surface area contributed by atoms with Crippen molar-refractivity contribution in [3.8, 4) is 5.75 Å². The maximum atomic E-state index is 13.0. The van der Waals surface area contributed by atoms with Gasteiger partial charge in [0.1, 0.15) is 11.9 Å². The van der Waals surface area contributed by atoms with Gasteiger partial charge >= 0.3 is 0 Å². The average Bonchev–Trinajstić information content (AvgIpc) is 2.76. The predicted octanol–water partition coefficient (Wildman–Crippen LogP) is 2.94. The van der Waals surface area contributed by atoms with Gasteiger partial charge in [-0.15, -0.1) is 0 Å². The number of ether oxygens (including phenoxy) is 1. The van der Waals surface area contributed by atoms with E-state index in [4.69, 9.17) is 4.74 Å². The number of fused-ring (bicyclic) bond motifs is 1. The third-order valence-electron chi connectivity index (χ3n) is 4.44. The Hall–Kier alpha value is -2.30. The molecule has 1 amide bonds. The number of amides is 1. The van der Waals surface area contributed by atoms with E-state index < -0.39 is 0 Å². The number of aromatic nitrogens is 2. The largest absolute Gasteiger partial charge is 0.489 e. The molecular formula is C18H23N3O2. The number of rotatable bonds is 2. The molecule has 1 aliphatic rings. The summed E-state index contributed by atoms with van der Waals surface area (Å²) >= 11 is 0. The smallest absolute Gasteiger partial charge is 0.230 e. The Morgan fingerprint density at radius 3 is 2.83 bits per heavy atom. The Morgan fingerprint density at radius 2 is 2.13 bits per heavy atom. The first-order valence-electron chi connectivity index (χ1n) is 8.02. The first-order chi connectivity index (χ1) is 11.0. The van der Waals surface area contributed by atoms with Gasteiger partial charge in [0.05, 0.1) is 18.2 Å². The Morgan fingerprint density at radius 1 is 1.39 bits per heavy atom. The van der Waals surface area contributed by atoms with Crippen molar-refractivity contribution in [3.63, 3.8) is 0 Å². The summed E-state index contributed by atoms with van der Waals surface area (Å²) in [5.41, 5.74) is 3.91. The summed E-state index contributed by atoms with van der Waals surface area (Å²) < 4.78 is 5.94. The summed E-state index contributed by atoms with van der Waals surface area (Å²) in [6, 6.07) is 7.93. The van der Waals surface area contributed by atoms with Gasteiger partial charge in [0.2, 0.25) is 5.91 Å². The van der Waals surface area contributed by atoms with Crippen molar-refractivity contribution in [2.75, 3.05) is 6.54 Å². The van der Waals surface area contributed by atoms with Gasteiger partial charge in [0.15, 0.2) is 0 Å². The van der Waals surface area contributed by atoms with E-state index in [1.165, 1.54) is 0 Å². The zero-order valence-corrected chi connectivity index (χ0v) is 14.1. The molecule has 0 saturated heterocycles. The zero-order valence-electron chi connectivity index (χ0n) is 14.1. The van der Waals surface area contributed by atoms with Crippen LogP contribution in [0, 0.1) is 13.8 Å². The number of hydrogen-bond acceptors (Lipinski definition) is 3. The van der Waals surface area contributed by atoms with E-state index in [1.54, 1.807) is 0 Å². The van der Waals surface area contributed by atoms with Crippen LogP contribution in [0.25, 0.3) is 0 Å². The van der Waals surface area contributed by atoms with Gasteiger partial charge in [0.25, 0.3) is 0 Å². The molecule has 0 bridgehead atoms. The number of aryl methyl sites for hydroxylation is 2. The number of nitrogens with zero attached hydrogens (tertiary/aromatic N) is 2. The summed E-state index contributed by atoms with van der Waals surface area (Å²) in [5, 5.41) is 7.18. The second kappa shape index (κ2) is 6.07. The van der Waals surface area contributed by atoms with Crippen molar-refractivity contribution < 1.29 is 9.53 Å². The fourth-order valence-electron chi connectivity index (χ4n) is 3.35. The minimum absolute atomic E-state index is 0.0265. The highest BCUT2D eigenvalue weighted by Crippen LogP contribution is 2.28. The molecule has 0 aliphatic carbocycles. The van der Waals surface area contributed by atoms with Crippen molar-refractivity contribution in [1.82, 2.24) is 15.1 Å². The van der Waals surface area contributed by atoms with E-state index in [2.05, 4.69) is 10.2 Å². The number of carbonyl (C=O) groups is 1. The molecule has 5 heteroatoms. The molecule has 2 atom stereocenters. The van der Waals surface area contributed by atoms with Crippen molar-refractivity contribution in [3.05, 3.63) is 46.8 Å². The van der Waals surface area contributed by atoms with Crippen LogP contribution < -0.4 is 4.74 Å². The van der Waals surface area contributed by atoms with Crippen LogP contribution in [0.2, 0.25) is 0 Å². The Kier molecular flexibility index (Phi) is 4.11. The molecule has 122 valence electrons. The van der Waals surface area contributed by atoms with E-state index in [9.17, 15) is 4.79 Å². The topological polar surface area (TPSA) is 58.2 Å². The molecule has 5 nitrogen and oxygen atoms in total. The molecule has 1 aromatic carbocycles. The zero-order chi connectivity index (χ0) is 16.6. The number of para-hydroxylation sites is 1. The minimum atomic E-state index is -0.216. The fraction of sp³-hybridized carbons (Fsp3) is 0.444. The lowest BCUT2D eigenvalue weighted by Crippen LogP contribution is -2.38. The van der Waals surface area contributed by atoms with Crippen LogP contribution in [0.4, 0.5) is 0 Å². The molecule has 1 aliphatic heterocycles. The van der Waals surface area contributed by atoms with Crippen molar-refractivity contribution >= 4 is 5.91 Å². The molecule has 0 fully saturated rings. The molecule has 23 heavy (non-hydrogen) atoms.